The SMILES string of the molecule is Cc1cc(=O)cc(C(=O)NCc2coc(-c3ccccc3)n2)o1. The van der Waals surface area contributed by atoms with Crippen LogP contribution >= 0.6 is 0 Å². The first-order valence-corrected chi connectivity index (χ1v) is 7.01. The first-order chi connectivity index (χ1) is 11.1. The molecular weight excluding hydrogens is 296 g/mol. The van der Waals surface area contributed by atoms with Gasteiger partial charge in [-0.1, -0.05) is 18.2 Å². The van der Waals surface area contributed by atoms with Crippen LogP contribution in [0.1, 0.15) is 22.0 Å². The molecule has 0 fully saturated rings. The van der Waals surface area contributed by atoms with E-state index in [0.717, 1.165) is 11.6 Å². The summed E-state index contributed by atoms with van der Waals surface area (Å²) in [5.41, 5.74) is 1.16. The molecule has 6 heteroatoms. The molecule has 0 unspecified atom stereocenters. The van der Waals surface area contributed by atoms with E-state index in [1.165, 1.54) is 12.3 Å². The fourth-order valence-electron chi connectivity index (χ4n) is 2.07. The van der Waals surface area contributed by atoms with E-state index in [4.69, 9.17) is 8.83 Å². The van der Waals surface area contributed by atoms with Gasteiger partial charge in [-0.05, 0) is 19.1 Å². The monoisotopic (exact) mass is 310 g/mol. The number of benzene rings is 1. The van der Waals surface area contributed by atoms with Crippen LogP contribution in [0.4, 0.5) is 0 Å². The van der Waals surface area contributed by atoms with Crippen molar-refractivity contribution in [3.8, 4) is 11.5 Å². The van der Waals surface area contributed by atoms with Gasteiger partial charge in [-0.15, -0.1) is 0 Å². The minimum Gasteiger partial charge on any atom is -0.456 e. The minimum absolute atomic E-state index is 0.0261. The Morgan fingerprint density at radius 1 is 1.22 bits per heavy atom. The van der Waals surface area contributed by atoms with Gasteiger partial charge in [-0.25, -0.2) is 4.98 Å². The number of aromatic nitrogens is 1. The number of oxazole rings is 1. The number of amides is 1. The molecule has 2 heterocycles. The molecule has 1 N–H and O–H groups in total. The Labute approximate surface area is 131 Å². The molecule has 0 saturated heterocycles. The third kappa shape index (κ3) is 3.55. The average molecular weight is 310 g/mol. The van der Waals surface area contributed by atoms with Gasteiger partial charge >= 0.3 is 0 Å². The van der Waals surface area contributed by atoms with E-state index < -0.39 is 5.91 Å². The van der Waals surface area contributed by atoms with Crippen molar-refractivity contribution in [2.75, 3.05) is 0 Å². The summed E-state index contributed by atoms with van der Waals surface area (Å²) in [6.07, 6.45) is 1.48. The van der Waals surface area contributed by atoms with Gasteiger partial charge in [0.05, 0.1) is 12.2 Å². The lowest BCUT2D eigenvalue weighted by Gasteiger charge is -2.02. The van der Waals surface area contributed by atoms with Crippen molar-refractivity contribution in [3.63, 3.8) is 0 Å². The highest BCUT2D eigenvalue weighted by Gasteiger charge is 2.12. The predicted molar refractivity (Wildman–Crippen MR) is 82.8 cm³/mol. The summed E-state index contributed by atoms with van der Waals surface area (Å²) < 4.78 is 10.6. The smallest absolute Gasteiger partial charge is 0.287 e. The van der Waals surface area contributed by atoms with Crippen LogP contribution in [0, 0.1) is 6.92 Å². The third-order valence-electron chi connectivity index (χ3n) is 3.12. The predicted octanol–water partition coefficient (Wildman–Crippen LogP) is 2.53. The molecule has 1 aromatic carbocycles. The van der Waals surface area contributed by atoms with Crippen LogP contribution in [0.25, 0.3) is 11.5 Å². The molecule has 0 saturated carbocycles. The highest BCUT2D eigenvalue weighted by molar-refractivity contribution is 5.91. The Morgan fingerprint density at radius 3 is 2.74 bits per heavy atom. The number of nitrogens with one attached hydrogen (secondary N) is 1. The molecule has 0 aliphatic heterocycles. The van der Waals surface area contributed by atoms with Gasteiger partial charge in [0.2, 0.25) is 5.89 Å². The van der Waals surface area contributed by atoms with E-state index >= 15 is 0 Å². The lowest BCUT2D eigenvalue weighted by atomic mass is 10.2. The van der Waals surface area contributed by atoms with Crippen molar-refractivity contribution >= 4 is 5.91 Å². The van der Waals surface area contributed by atoms with Gasteiger partial charge in [0, 0.05) is 17.7 Å². The van der Waals surface area contributed by atoms with E-state index in [9.17, 15) is 9.59 Å². The number of carbonyl (C=O) groups excluding carboxylic acids is 1. The van der Waals surface area contributed by atoms with Crippen LogP contribution in [0.5, 0.6) is 0 Å². The van der Waals surface area contributed by atoms with E-state index in [1.807, 2.05) is 30.3 Å². The lowest BCUT2D eigenvalue weighted by molar-refractivity contribution is 0.0918. The summed E-state index contributed by atoms with van der Waals surface area (Å²) in [6.45, 7) is 1.79. The van der Waals surface area contributed by atoms with E-state index in [-0.39, 0.29) is 17.7 Å². The number of hydrogen-bond donors (Lipinski definition) is 1. The van der Waals surface area contributed by atoms with Gasteiger partial charge < -0.3 is 14.2 Å². The summed E-state index contributed by atoms with van der Waals surface area (Å²) in [4.78, 5) is 27.7. The van der Waals surface area contributed by atoms with Crippen LogP contribution in [0.2, 0.25) is 0 Å². The Balaban J connectivity index is 1.68. The first-order valence-electron chi connectivity index (χ1n) is 7.01. The molecule has 3 rings (SSSR count). The maximum absolute atomic E-state index is 12.0. The number of hydrogen-bond acceptors (Lipinski definition) is 5. The normalized spacial score (nSPS) is 10.5. The quantitative estimate of drug-likeness (QED) is 0.800. The van der Waals surface area contributed by atoms with E-state index in [0.29, 0.717) is 17.3 Å². The van der Waals surface area contributed by atoms with E-state index in [1.54, 1.807) is 6.92 Å². The zero-order chi connectivity index (χ0) is 16.2. The maximum Gasteiger partial charge on any atom is 0.287 e. The van der Waals surface area contributed by atoms with Gasteiger partial charge in [0.25, 0.3) is 5.91 Å². The topological polar surface area (TPSA) is 85.3 Å². The second-order valence-corrected chi connectivity index (χ2v) is 4.96. The van der Waals surface area contributed by atoms with Gasteiger partial charge in [-0.3, -0.25) is 9.59 Å². The van der Waals surface area contributed by atoms with Gasteiger partial charge in [0.1, 0.15) is 12.0 Å². The molecule has 0 bridgehead atoms. The molecule has 0 spiro atoms. The Hall–Kier alpha value is -3.15. The minimum atomic E-state index is -0.477. The van der Waals surface area contributed by atoms with Crippen LogP contribution in [0.3, 0.4) is 0 Å². The van der Waals surface area contributed by atoms with Crippen LogP contribution in [-0.4, -0.2) is 10.9 Å². The van der Waals surface area contributed by atoms with Crippen LogP contribution in [0.15, 0.2) is 62.4 Å². The molecule has 23 heavy (non-hydrogen) atoms. The molecule has 0 aliphatic rings. The number of carbonyl (C=O) groups is 1. The first kappa shape index (κ1) is 14.8. The molecular formula is C17H14N2O4. The molecule has 0 radical (unpaired) electrons. The number of nitrogens with zero attached hydrogens (tertiary/aromatic N) is 1. The Bertz CT molecular complexity index is 881. The van der Waals surface area contributed by atoms with Crippen LogP contribution < -0.4 is 10.7 Å². The molecule has 0 aliphatic carbocycles. The summed E-state index contributed by atoms with van der Waals surface area (Å²) in [7, 11) is 0. The molecule has 116 valence electrons. The highest BCUT2D eigenvalue weighted by atomic mass is 16.3. The van der Waals surface area contributed by atoms with Crippen LogP contribution in [-0.2, 0) is 6.54 Å². The number of rotatable bonds is 4. The van der Waals surface area contributed by atoms with Crippen molar-refractivity contribution in [3.05, 3.63) is 76.2 Å². The zero-order valence-corrected chi connectivity index (χ0v) is 12.4. The largest absolute Gasteiger partial charge is 0.456 e. The van der Waals surface area contributed by atoms with Gasteiger partial charge in [0.15, 0.2) is 11.2 Å². The van der Waals surface area contributed by atoms with Crippen molar-refractivity contribution in [2.24, 2.45) is 0 Å². The van der Waals surface area contributed by atoms with E-state index in [2.05, 4.69) is 10.3 Å². The molecule has 0 atom stereocenters. The summed E-state index contributed by atoms with van der Waals surface area (Å²) in [5.74, 6) is 0.365. The Kier molecular flexibility index (Phi) is 4.05. The van der Waals surface area contributed by atoms with Crippen molar-refractivity contribution < 1.29 is 13.6 Å². The molecule has 1 amide bonds. The second-order valence-electron chi connectivity index (χ2n) is 4.96. The fraction of sp³-hybridized carbons (Fsp3) is 0.118. The zero-order valence-electron chi connectivity index (χ0n) is 12.4. The van der Waals surface area contributed by atoms with Gasteiger partial charge in [-0.2, -0.15) is 0 Å². The lowest BCUT2D eigenvalue weighted by Crippen LogP contribution is -2.24. The fourth-order valence-corrected chi connectivity index (χ4v) is 2.07. The Morgan fingerprint density at radius 2 is 2.00 bits per heavy atom. The highest BCUT2D eigenvalue weighted by Crippen LogP contribution is 2.17. The maximum atomic E-state index is 12.0. The van der Waals surface area contributed by atoms with Crippen molar-refractivity contribution in [1.29, 1.82) is 0 Å². The standard InChI is InChI=1S/C17H14N2O4/c1-11-7-14(20)8-15(23-11)16(21)18-9-13-10-22-17(19-13)12-5-3-2-4-6-12/h2-8,10H,9H2,1H3,(H,18,21). The third-order valence-corrected chi connectivity index (χ3v) is 3.12. The molecule has 3 aromatic rings. The number of aryl methyl sites for hydroxylation is 1. The second kappa shape index (κ2) is 6.31. The van der Waals surface area contributed by atoms with Crippen molar-refractivity contribution in [2.45, 2.75) is 13.5 Å². The molecule has 6 nitrogen and oxygen atoms in total. The average Bonchev–Trinajstić information content (AvgIpc) is 3.01. The summed E-state index contributed by atoms with van der Waals surface area (Å²) in [5, 5.41) is 2.64. The van der Waals surface area contributed by atoms with Crippen molar-refractivity contribution in [1.82, 2.24) is 10.3 Å². The summed E-state index contributed by atoms with van der Waals surface area (Å²) >= 11 is 0. The summed E-state index contributed by atoms with van der Waals surface area (Å²) in [6, 6.07) is 11.9. The molecule has 2 aromatic heterocycles.